The largest absolute Gasteiger partial charge is 0.464 e. The number of rotatable bonds is 18. The van der Waals surface area contributed by atoms with Crippen molar-refractivity contribution < 1.29 is 43.3 Å². The molecule has 0 aliphatic carbocycles. The highest BCUT2D eigenvalue weighted by molar-refractivity contribution is 6.49. The first-order valence-corrected chi connectivity index (χ1v) is 18.5. The molecule has 4 aromatic rings. The zero-order valence-corrected chi connectivity index (χ0v) is 34.1. The number of aliphatic hydroxyl groups is 1. The lowest BCUT2D eigenvalue weighted by molar-refractivity contribution is -0.141. The lowest BCUT2D eigenvalue weighted by Crippen LogP contribution is -2.23. The van der Waals surface area contributed by atoms with Gasteiger partial charge in [0.2, 0.25) is 11.6 Å². The number of esters is 3. The van der Waals surface area contributed by atoms with Gasteiger partial charge < -0.3 is 38.9 Å². The van der Waals surface area contributed by atoms with E-state index in [2.05, 4.69) is 0 Å². The number of anilines is 4. The lowest BCUT2D eigenvalue weighted by atomic mass is 10.0. The molecule has 0 unspecified atom stereocenters. The summed E-state index contributed by atoms with van der Waals surface area (Å²) >= 11 is 0. The van der Waals surface area contributed by atoms with Crippen LogP contribution in [0.15, 0.2) is 109 Å². The first-order chi connectivity index (χ1) is 27.2. The molecule has 0 amide bonds. The number of ether oxygens (including phenoxy) is 3. The van der Waals surface area contributed by atoms with Crippen molar-refractivity contribution in [3.8, 4) is 0 Å². The van der Waals surface area contributed by atoms with Crippen LogP contribution in [-0.2, 0) is 28.6 Å². The van der Waals surface area contributed by atoms with Gasteiger partial charge in [0, 0.05) is 89.4 Å². The second kappa shape index (κ2) is 25.8. The van der Waals surface area contributed by atoms with Gasteiger partial charge >= 0.3 is 17.9 Å². The van der Waals surface area contributed by atoms with Crippen LogP contribution in [-0.4, -0.2) is 115 Å². The minimum absolute atomic E-state index is 0.200. The normalized spacial score (nSPS) is 9.96. The number of carbonyl (C=O) groups is 5. The van der Waals surface area contributed by atoms with Crippen molar-refractivity contribution in [2.75, 3.05) is 100 Å². The third-order valence-electron chi connectivity index (χ3n) is 8.37. The summed E-state index contributed by atoms with van der Waals surface area (Å²) in [7, 11) is 7.62. The van der Waals surface area contributed by atoms with Crippen LogP contribution in [0.1, 0.15) is 41.5 Å². The molecule has 0 fully saturated rings. The highest BCUT2D eigenvalue weighted by atomic mass is 16.5. The molecule has 13 heteroatoms. The number of Topliss-reactive ketones (excluding diaryl/α,β-unsaturated/α-hetero) is 2. The summed E-state index contributed by atoms with van der Waals surface area (Å²) in [5, 5.41) is 8.66. The lowest BCUT2D eigenvalue weighted by Gasteiger charge is -2.19. The van der Waals surface area contributed by atoms with E-state index < -0.39 is 11.6 Å². The van der Waals surface area contributed by atoms with Crippen LogP contribution in [0.3, 0.4) is 0 Å². The van der Waals surface area contributed by atoms with E-state index in [4.69, 9.17) is 19.3 Å². The average Bonchev–Trinajstić information content (AvgIpc) is 3.21. The Hall–Kier alpha value is -6.21. The molecule has 4 rings (SSSR count). The third-order valence-corrected chi connectivity index (χ3v) is 8.37. The van der Waals surface area contributed by atoms with E-state index in [1.165, 1.54) is 20.8 Å². The second-order valence-corrected chi connectivity index (χ2v) is 12.9. The van der Waals surface area contributed by atoms with Crippen molar-refractivity contribution in [1.29, 1.82) is 0 Å². The van der Waals surface area contributed by atoms with Gasteiger partial charge in [-0.2, -0.15) is 0 Å². The first kappa shape index (κ1) is 46.9. The van der Waals surface area contributed by atoms with Crippen LogP contribution in [0.2, 0.25) is 0 Å². The number of likely N-dealkylation sites (N-methyl/N-ethyl adjacent to an activating group) is 4. The van der Waals surface area contributed by atoms with E-state index in [9.17, 15) is 24.0 Å². The third kappa shape index (κ3) is 18.3. The molecule has 0 saturated heterocycles. The molecule has 0 spiro atoms. The van der Waals surface area contributed by atoms with Crippen molar-refractivity contribution in [1.82, 2.24) is 0 Å². The molecule has 0 aromatic heterocycles. The Morgan fingerprint density at radius 1 is 0.421 bits per heavy atom. The predicted molar refractivity (Wildman–Crippen MR) is 224 cm³/mol. The van der Waals surface area contributed by atoms with Gasteiger partial charge in [-0.3, -0.25) is 24.0 Å². The van der Waals surface area contributed by atoms with Crippen molar-refractivity contribution in [3.05, 3.63) is 120 Å². The number of benzene rings is 4. The maximum absolute atomic E-state index is 12.6. The average molecular weight is 785 g/mol. The van der Waals surface area contributed by atoms with E-state index in [1.54, 1.807) is 48.5 Å². The summed E-state index contributed by atoms with van der Waals surface area (Å²) in [5.41, 5.74) is 4.54. The molecule has 0 heterocycles. The zero-order chi connectivity index (χ0) is 42.2. The zero-order valence-electron chi connectivity index (χ0n) is 34.1. The van der Waals surface area contributed by atoms with Crippen LogP contribution in [0, 0.1) is 0 Å². The quantitative estimate of drug-likeness (QED) is 0.0583. The highest BCUT2D eigenvalue weighted by Crippen LogP contribution is 2.18. The highest BCUT2D eigenvalue weighted by Gasteiger charge is 2.19. The molecule has 0 saturated carbocycles. The number of hydrogen-bond acceptors (Lipinski definition) is 13. The van der Waals surface area contributed by atoms with Crippen LogP contribution in [0.5, 0.6) is 0 Å². The molecule has 0 atom stereocenters. The fraction of sp³-hybridized carbons (Fsp3) is 0.341. The van der Waals surface area contributed by atoms with Gasteiger partial charge in [-0.25, -0.2) is 0 Å². The number of hydrogen-bond donors (Lipinski definition) is 1. The maximum atomic E-state index is 12.6. The van der Waals surface area contributed by atoms with E-state index in [1.807, 2.05) is 108 Å². The van der Waals surface area contributed by atoms with Crippen LogP contribution < -0.4 is 19.6 Å². The number of aliphatic hydroxyl groups excluding tert-OH is 1. The summed E-state index contributed by atoms with van der Waals surface area (Å²) in [6.07, 6.45) is 0. The van der Waals surface area contributed by atoms with Crippen molar-refractivity contribution in [2.45, 2.75) is 20.8 Å². The van der Waals surface area contributed by atoms with Crippen LogP contribution in [0.25, 0.3) is 0 Å². The van der Waals surface area contributed by atoms with Crippen LogP contribution >= 0.6 is 0 Å². The fourth-order valence-corrected chi connectivity index (χ4v) is 5.01. The van der Waals surface area contributed by atoms with Crippen molar-refractivity contribution in [2.24, 2.45) is 0 Å². The van der Waals surface area contributed by atoms with Gasteiger partial charge in [0.25, 0.3) is 0 Å². The van der Waals surface area contributed by atoms with Gasteiger partial charge in [0.1, 0.15) is 19.8 Å². The maximum Gasteiger partial charge on any atom is 0.302 e. The van der Waals surface area contributed by atoms with E-state index in [-0.39, 0.29) is 37.7 Å². The summed E-state index contributed by atoms with van der Waals surface area (Å²) in [4.78, 5) is 65.3. The number of para-hydroxylation sites is 2. The van der Waals surface area contributed by atoms with Gasteiger partial charge in [-0.15, -0.1) is 0 Å². The Labute approximate surface area is 336 Å². The van der Waals surface area contributed by atoms with Crippen LogP contribution in [0.4, 0.5) is 22.7 Å². The van der Waals surface area contributed by atoms with E-state index in [0.717, 1.165) is 22.7 Å². The Morgan fingerprint density at radius 3 is 0.947 bits per heavy atom. The van der Waals surface area contributed by atoms with E-state index >= 15 is 0 Å². The molecule has 0 radical (unpaired) electrons. The number of carbonyl (C=O) groups excluding carboxylic acids is 5. The Morgan fingerprint density at radius 2 is 0.684 bits per heavy atom. The van der Waals surface area contributed by atoms with Gasteiger partial charge in [0.15, 0.2) is 0 Å². The summed E-state index contributed by atoms with van der Waals surface area (Å²) in [6.45, 7) is 7.70. The van der Waals surface area contributed by atoms with Gasteiger partial charge in [-0.05, 0) is 72.8 Å². The molecule has 0 aliphatic rings. The molecule has 306 valence electrons. The molecule has 13 nitrogen and oxygen atoms in total. The minimum Gasteiger partial charge on any atom is -0.464 e. The van der Waals surface area contributed by atoms with Gasteiger partial charge in [0.05, 0.1) is 26.2 Å². The summed E-state index contributed by atoms with van der Waals surface area (Å²) < 4.78 is 14.7. The molecular formula is C44H56N4O9. The van der Waals surface area contributed by atoms with Crippen molar-refractivity contribution >= 4 is 52.2 Å². The van der Waals surface area contributed by atoms with Crippen molar-refractivity contribution in [3.63, 3.8) is 0 Å². The predicted octanol–water partition coefficient (Wildman–Crippen LogP) is 5.55. The monoisotopic (exact) mass is 784 g/mol. The molecule has 1 N–H and O–H groups in total. The first-order valence-electron chi connectivity index (χ1n) is 18.5. The molecule has 0 aliphatic heterocycles. The topological polar surface area (TPSA) is 146 Å². The molecule has 0 bridgehead atoms. The number of ketones is 2. The SMILES string of the molecule is CC(=O)OCCN(C)c1ccc(C(=O)C(=O)c2ccc(N(C)CCOC(C)=O)cc2)cc1.CC(=O)OCCN(C)c1ccccc1.CN(CCO)c1ccccc1. The molecular weight excluding hydrogens is 729 g/mol. The summed E-state index contributed by atoms with van der Waals surface area (Å²) in [6, 6.07) is 33.4. The minimum atomic E-state index is -0.588. The Kier molecular flexibility index (Phi) is 21.2. The standard InChI is InChI=1S/C24H28N2O6.C11H15NO2.C9H13NO/c1-17(27)31-15-13-25(3)21-9-5-19(6-10-21)23(29)24(30)20-7-11-22(12-8-20)26(4)14-16-32-18(2)28;1-10(13)14-9-8-12(2)11-6-4-3-5-7-11;1-10(7-8-11)9-5-3-2-4-6-9/h5-12H,13-16H2,1-4H3;3-7H,8-9H2,1-2H3;2-6,11H,7-8H2,1H3. The Bertz CT molecular complexity index is 1730. The van der Waals surface area contributed by atoms with E-state index in [0.29, 0.717) is 43.9 Å². The molecule has 57 heavy (non-hydrogen) atoms. The second-order valence-electron chi connectivity index (χ2n) is 12.9. The smallest absolute Gasteiger partial charge is 0.302 e. The van der Waals surface area contributed by atoms with Gasteiger partial charge in [-0.1, -0.05) is 36.4 Å². The Balaban J connectivity index is 0.000000364. The summed E-state index contributed by atoms with van der Waals surface area (Å²) in [5.74, 6) is -2.07. The number of nitrogens with zero attached hydrogens (tertiary/aromatic N) is 4. The fourth-order valence-electron chi connectivity index (χ4n) is 5.01. The molecule has 4 aromatic carbocycles.